The van der Waals surface area contributed by atoms with Crippen molar-refractivity contribution >= 4 is 12.0 Å². The third kappa shape index (κ3) is 5.78. The Balaban J connectivity index is 2.08. The van der Waals surface area contributed by atoms with Gasteiger partial charge in [0.15, 0.2) is 11.5 Å². The maximum absolute atomic E-state index is 12.3. The van der Waals surface area contributed by atoms with Gasteiger partial charge in [-0.05, 0) is 42.0 Å². The molecule has 0 unspecified atom stereocenters. The lowest BCUT2D eigenvalue weighted by Crippen LogP contribution is -2.24. The number of allylic oxidation sites excluding steroid dienone is 2. The summed E-state index contributed by atoms with van der Waals surface area (Å²) in [6, 6.07) is 12.0. The number of benzene rings is 2. The summed E-state index contributed by atoms with van der Waals surface area (Å²) in [5.41, 5.74) is 1.42. The van der Waals surface area contributed by atoms with Gasteiger partial charge in [-0.1, -0.05) is 18.2 Å². The summed E-state index contributed by atoms with van der Waals surface area (Å²) >= 11 is 0. The number of hydrogen-bond acceptors (Lipinski definition) is 6. The molecular weight excluding hydrogens is 372 g/mol. The Morgan fingerprint density at radius 2 is 1.86 bits per heavy atom. The van der Waals surface area contributed by atoms with Crippen molar-refractivity contribution in [2.24, 2.45) is 0 Å². The minimum Gasteiger partial charge on any atom is -0.504 e. The van der Waals surface area contributed by atoms with Gasteiger partial charge in [0.2, 0.25) is 0 Å². The van der Waals surface area contributed by atoms with Gasteiger partial charge < -0.3 is 24.6 Å². The third-order valence-corrected chi connectivity index (χ3v) is 4.05. The van der Waals surface area contributed by atoms with Crippen LogP contribution in [0.4, 0.5) is 0 Å². The Hall–Kier alpha value is -3.92. The highest BCUT2D eigenvalue weighted by atomic mass is 16.5. The van der Waals surface area contributed by atoms with Crippen molar-refractivity contribution in [1.82, 2.24) is 5.32 Å². The van der Waals surface area contributed by atoms with Crippen molar-refractivity contribution in [2.45, 2.75) is 6.54 Å². The van der Waals surface area contributed by atoms with E-state index in [4.69, 9.17) is 14.2 Å². The topological polar surface area (TPSA) is 101 Å². The lowest BCUT2D eigenvalue weighted by Gasteiger charge is -2.11. The molecule has 7 heteroatoms. The summed E-state index contributed by atoms with van der Waals surface area (Å²) in [5, 5.41) is 21.6. The summed E-state index contributed by atoms with van der Waals surface area (Å²) in [6.45, 7) is 0.178. The smallest absolute Gasteiger partial charge is 0.262 e. The Morgan fingerprint density at radius 3 is 2.52 bits per heavy atom. The standard InChI is InChI=1S/C22H22N2O5/c1-27-18-8-10-20(28-2)17(12-18)14-24-22(26)16(13-23)6-4-5-15-7-9-19(25)21(11-15)29-3/h4-12,25H,14H2,1-3H3,(H,24,26)/b5-4+,16-6+. The maximum Gasteiger partial charge on any atom is 0.262 e. The number of nitriles is 1. The van der Waals surface area contributed by atoms with E-state index in [1.54, 1.807) is 49.6 Å². The normalized spacial score (nSPS) is 11.0. The van der Waals surface area contributed by atoms with E-state index in [9.17, 15) is 15.2 Å². The van der Waals surface area contributed by atoms with Crippen molar-refractivity contribution in [3.63, 3.8) is 0 Å². The fourth-order valence-electron chi connectivity index (χ4n) is 2.51. The molecule has 150 valence electrons. The van der Waals surface area contributed by atoms with Gasteiger partial charge in [-0.2, -0.15) is 5.26 Å². The van der Waals surface area contributed by atoms with Crippen LogP contribution >= 0.6 is 0 Å². The lowest BCUT2D eigenvalue weighted by atomic mass is 10.1. The second kappa shape index (κ2) is 10.4. The largest absolute Gasteiger partial charge is 0.504 e. The number of methoxy groups -OCH3 is 3. The van der Waals surface area contributed by atoms with Crippen LogP contribution in [0.1, 0.15) is 11.1 Å². The van der Waals surface area contributed by atoms with Gasteiger partial charge in [0.05, 0.1) is 21.3 Å². The first kappa shape index (κ1) is 21.4. The molecule has 0 aliphatic rings. The second-order valence-corrected chi connectivity index (χ2v) is 5.84. The first-order valence-electron chi connectivity index (χ1n) is 8.67. The van der Waals surface area contributed by atoms with Gasteiger partial charge in [0, 0.05) is 12.1 Å². The molecule has 2 rings (SSSR count). The zero-order valence-corrected chi connectivity index (χ0v) is 16.4. The second-order valence-electron chi connectivity index (χ2n) is 5.84. The highest BCUT2D eigenvalue weighted by Crippen LogP contribution is 2.27. The predicted octanol–water partition coefficient (Wildman–Crippen LogP) is 3.20. The first-order chi connectivity index (χ1) is 14.0. The number of carbonyl (C=O) groups is 1. The molecule has 2 N–H and O–H groups in total. The van der Waals surface area contributed by atoms with Crippen LogP contribution in [0.25, 0.3) is 6.08 Å². The summed E-state index contributed by atoms with van der Waals surface area (Å²) in [6.07, 6.45) is 4.69. The quantitative estimate of drug-likeness (QED) is 0.405. The van der Waals surface area contributed by atoms with Crippen molar-refractivity contribution < 1.29 is 24.1 Å². The summed E-state index contributed by atoms with van der Waals surface area (Å²) in [7, 11) is 4.55. The fraction of sp³-hybridized carbons (Fsp3) is 0.182. The van der Waals surface area contributed by atoms with Crippen molar-refractivity contribution in [1.29, 1.82) is 5.26 Å². The number of hydrogen-bond donors (Lipinski definition) is 2. The van der Waals surface area contributed by atoms with Gasteiger partial charge in [-0.15, -0.1) is 0 Å². The average molecular weight is 394 g/mol. The molecule has 0 radical (unpaired) electrons. The number of phenolic OH excluding ortho intramolecular Hbond substituents is 1. The van der Waals surface area contributed by atoms with E-state index in [1.165, 1.54) is 26.4 Å². The number of aromatic hydroxyl groups is 1. The molecule has 0 aromatic heterocycles. The van der Waals surface area contributed by atoms with Crippen LogP contribution in [-0.2, 0) is 11.3 Å². The molecule has 2 aromatic carbocycles. The van der Waals surface area contributed by atoms with Gasteiger partial charge in [-0.3, -0.25) is 4.79 Å². The van der Waals surface area contributed by atoms with Crippen LogP contribution in [0.5, 0.6) is 23.0 Å². The Morgan fingerprint density at radius 1 is 1.10 bits per heavy atom. The van der Waals surface area contributed by atoms with Crippen LogP contribution in [0.15, 0.2) is 54.1 Å². The first-order valence-corrected chi connectivity index (χ1v) is 8.67. The van der Waals surface area contributed by atoms with Crippen molar-refractivity contribution in [3.05, 3.63) is 65.3 Å². The van der Waals surface area contributed by atoms with Crippen LogP contribution in [0.2, 0.25) is 0 Å². The minimum absolute atomic E-state index is 0.0326. The summed E-state index contributed by atoms with van der Waals surface area (Å²) < 4.78 is 15.5. The molecule has 29 heavy (non-hydrogen) atoms. The molecule has 0 heterocycles. The minimum atomic E-state index is -0.509. The van der Waals surface area contributed by atoms with E-state index in [0.717, 1.165) is 11.1 Å². The number of ether oxygens (including phenoxy) is 3. The maximum atomic E-state index is 12.3. The molecule has 0 fully saturated rings. The average Bonchev–Trinajstić information content (AvgIpc) is 2.75. The van der Waals surface area contributed by atoms with E-state index in [2.05, 4.69) is 5.32 Å². The van der Waals surface area contributed by atoms with E-state index < -0.39 is 5.91 Å². The zero-order valence-electron chi connectivity index (χ0n) is 16.4. The Bertz CT molecular complexity index is 974. The summed E-state index contributed by atoms with van der Waals surface area (Å²) in [4.78, 5) is 12.3. The zero-order chi connectivity index (χ0) is 21.2. The molecule has 0 aliphatic heterocycles. The van der Waals surface area contributed by atoms with Crippen molar-refractivity contribution in [3.8, 4) is 29.1 Å². The molecule has 7 nitrogen and oxygen atoms in total. The SMILES string of the molecule is COc1ccc(OC)c(CNC(=O)/C(C#N)=C/C=C/c2ccc(O)c(OC)c2)c1. The number of nitrogens with one attached hydrogen (secondary N) is 1. The monoisotopic (exact) mass is 394 g/mol. The molecule has 0 aliphatic carbocycles. The molecular formula is C22H22N2O5. The summed E-state index contributed by atoms with van der Waals surface area (Å²) in [5.74, 6) is 1.10. The van der Waals surface area contributed by atoms with Gasteiger partial charge in [0.1, 0.15) is 23.1 Å². The fourth-order valence-corrected chi connectivity index (χ4v) is 2.51. The number of amides is 1. The van der Waals surface area contributed by atoms with E-state index in [-0.39, 0.29) is 17.9 Å². The third-order valence-electron chi connectivity index (χ3n) is 4.05. The van der Waals surface area contributed by atoms with Crippen LogP contribution < -0.4 is 19.5 Å². The molecule has 0 bridgehead atoms. The predicted molar refractivity (Wildman–Crippen MR) is 109 cm³/mol. The van der Waals surface area contributed by atoms with Gasteiger partial charge in [0.25, 0.3) is 5.91 Å². The molecule has 1 amide bonds. The number of phenols is 1. The Labute approximate surface area is 169 Å². The van der Waals surface area contributed by atoms with Crippen LogP contribution in [-0.4, -0.2) is 32.3 Å². The number of nitrogens with zero attached hydrogens (tertiary/aromatic N) is 1. The lowest BCUT2D eigenvalue weighted by molar-refractivity contribution is -0.117. The molecule has 0 saturated heterocycles. The van der Waals surface area contributed by atoms with E-state index >= 15 is 0 Å². The van der Waals surface area contributed by atoms with E-state index in [1.807, 2.05) is 6.07 Å². The van der Waals surface area contributed by atoms with Crippen LogP contribution in [0, 0.1) is 11.3 Å². The van der Waals surface area contributed by atoms with Gasteiger partial charge in [-0.25, -0.2) is 0 Å². The number of rotatable bonds is 8. The highest BCUT2D eigenvalue weighted by Gasteiger charge is 2.10. The molecule has 2 aromatic rings. The van der Waals surface area contributed by atoms with E-state index in [0.29, 0.717) is 17.2 Å². The van der Waals surface area contributed by atoms with Crippen molar-refractivity contribution in [2.75, 3.05) is 21.3 Å². The Kier molecular flexibility index (Phi) is 7.68. The molecule has 0 saturated carbocycles. The number of carbonyl (C=O) groups excluding carboxylic acids is 1. The molecule has 0 spiro atoms. The van der Waals surface area contributed by atoms with Crippen LogP contribution in [0.3, 0.4) is 0 Å². The molecule has 0 atom stereocenters. The van der Waals surface area contributed by atoms with Gasteiger partial charge >= 0.3 is 0 Å². The highest BCUT2D eigenvalue weighted by molar-refractivity contribution is 5.97.